The van der Waals surface area contributed by atoms with Crippen molar-refractivity contribution in [2.75, 3.05) is 5.75 Å². The van der Waals surface area contributed by atoms with E-state index < -0.39 is 0 Å². The Balaban J connectivity index is 2.47. The van der Waals surface area contributed by atoms with Gasteiger partial charge in [0.2, 0.25) is 0 Å². The molecule has 1 heterocycles. The first-order chi connectivity index (χ1) is 4.20. The molecule has 1 nitrogen and oxygen atoms in total. The van der Waals surface area contributed by atoms with Crippen LogP contribution < -0.4 is 0 Å². The van der Waals surface area contributed by atoms with Gasteiger partial charge in [-0.2, -0.15) is 0 Å². The largest absolute Gasteiger partial charge is 0.279 e. The summed E-state index contributed by atoms with van der Waals surface area (Å²) < 4.78 is 0. The highest BCUT2D eigenvalue weighted by Gasteiger charge is 2.17. The van der Waals surface area contributed by atoms with Crippen LogP contribution in [0.4, 0.5) is 0 Å². The lowest BCUT2D eigenvalue weighted by atomic mass is 10.1. The van der Waals surface area contributed by atoms with Crippen LogP contribution in [-0.4, -0.2) is 16.8 Å². The number of hydrogen-bond acceptors (Lipinski definition) is 2. The average Bonchev–Trinajstić information content (AvgIpc) is 2.14. The molecule has 0 saturated carbocycles. The predicted molar refractivity (Wildman–Crippen MR) is 44.2 cm³/mol. The first-order valence-corrected chi connectivity index (χ1v) is 4.36. The topological polar surface area (TPSA) is 12.4 Å². The van der Waals surface area contributed by atoms with Crippen molar-refractivity contribution in [1.29, 1.82) is 0 Å². The summed E-state index contributed by atoms with van der Waals surface area (Å²) in [6.07, 6.45) is 0. The molecule has 2 heteroatoms. The second-order valence-corrected chi connectivity index (χ2v) is 3.98. The summed E-state index contributed by atoms with van der Waals surface area (Å²) in [4.78, 5) is 4.47. The lowest BCUT2D eigenvalue weighted by molar-refractivity contribution is 0.543. The van der Waals surface area contributed by atoms with Gasteiger partial charge in [-0.3, -0.25) is 4.99 Å². The molecule has 1 aliphatic rings. The van der Waals surface area contributed by atoms with Gasteiger partial charge in [-0.25, -0.2) is 0 Å². The van der Waals surface area contributed by atoms with E-state index in [0.29, 0.717) is 6.04 Å². The van der Waals surface area contributed by atoms with Crippen molar-refractivity contribution in [3.05, 3.63) is 0 Å². The monoisotopic (exact) mass is 143 g/mol. The number of rotatable bonds is 1. The van der Waals surface area contributed by atoms with Crippen molar-refractivity contribution in [2.24, 2.45) is 10.9 Å². The number of aliphatic imine (C=N–C) groups is 1. The van der Waals surface area contributed by atoms with E-state index in [2.05, 4.69) is 25.8 Å². The van der Waals surface area contributed by atoms with E-state index in [1.54, 1.807) is 0 Å². The van der Waals surface area contributed by atoms with E-state index in [0.717, 1.165) is 5.92 Å². The minimum absolute atomic E-state index is 0.593. The maximum atomic E-state index is 4.47. The zero-order chi connectivity index (χ0) is 6.85. The molecule has 0 radical (unpaired) electrons. The van der Waals surface area contributed by atoms with Crippen molar-refractivity contribution >= 4 is 16.8 Å². The fraction of sp³-hybridized carbons (Fsp3) is 0.857. The smallest absolute Gasteiger partial charge is 0.0649 e. The Morgan fingerprint density at radius 2 is 2.33 bits per heavy atom. The molecule has 0 aliphatic carbocycles. The SMILES string of the molecule is CC1=N[C@@H](C(C)C)CS1. The van der Waals surface area contributed by atoms with E-state index >= 15 is 0 Å². The second kappa shape index (κ2) is 2.74. The summed E-state index contributed by atoms with van der Waals surface area (Å²) in [6, 6.07) is 0.593. The zero-order valence-corrected chi connectivity index (χ0v) is 7.03. The quantitative estimate of drug-likeness (QED) is 0.548. The van der Waals surface area contributed by atoms with Crippen LogP contribution in [0, 0.1) is 5.92 Å². The molecule has 0 spiro atoms. The molecular weight excluding hydrogens is 130 g/mol. The molecule has 1 aliphatic heterocycles. The number of hydrogen-bond donors (Lipinski definition) is 0. The molecule has 0 bridgehead atoms. The van der Waals surface area contributed by atoms with Crippen LogP contribution in [0.5, 0.6) is 0 Å². The zero-order valence-electron chi connectivity index (χ0n) is 6.22. The Morgan fingerprint density at radius 1 is 1.67 bits per heavy atom. The fourth-order valence-electron chi connectivity index (χ4n) is 0.856. The van der Waals surface area contributed by atoms with Crippen LogP contribution in [0.1, 0.15) is 20.8 Å². The van der Waals surface area contributed by atoms with Crippen LogP contribution >= 0.6 is 11.8 Å². The fourth-order valence-corrected chi connectivity index (χ4v) is 1.94. The summed E-state index contributed by atoms with van der Waals surface area (Å²) in [7, 11) is 0. The van der Waals surface area contributed by atoms with Crippen LogP contribution in [0.3, 0.4) is 0 Å². The Kier molecular flexibility index (Phi) is 2.17. The molecule has 1 atom stereocenters. The van der Waals surface area contributed by atoms with Crippen molar-refractivity contribution in [3.8, 4) is 0 Å². The third-order valence-electron chi connectivity index (χ3n) is 1.58. The van der Waals surface area contributed by atoms with E-state index in [9.17, 15) is 0 Å². The number of nitrogens with zero attached hydrogens (tertiary/aromatic N) is 1. The first kappa shape index (κ1) is 7.13. The highest BCUT2D eigenvalue weighted by molar-refractivity contribution is 8.14. The maximum absolute atomic E-state index is 4.47. The van der Waals surface area contributed by atoms with Gasteiger partial charge in [-0.15, -0.1) is 11.8 Å². The summed E-state index contributed by atoms with van der Waals surface area (Å²) in [5, 5.41) is 1.26. The van der Waals surface area contributed by atoms with Gasteiger partial charge in [0.05, 0.1) is 11.1 Å². The Hall–Kier alpha value is 0.0200. The maximum Gasteiger partial charge on any atom is 0.0649 e. The molecular formula is C7H13NS. The highest BCUT2D eigenvalue weighted by Crippen LogP contribution is 2.22. The average molecular weight is 143 g/mol. The van der Waals surface area contributed by atoms with Gasteiger partial charge < -0.3 is 0 Å². The van der Waals surface area contributed by atoms with Gasteiger partial charge in [0.1, 0.15) is 0 Å². The third-order valence-corrected chi connectivity index (χ3v) is 2.61. The van der Waals surface area contributed by atoms with Gasteiger partial charge in [0, 0.05) is 5.75 Å². The minimum Gasteiger partial charge on any atom is -0.279 e. The minimum atomic E-state index is 0.593. The predicted octanol–water partition coefficient (Wildman–Crippen LogP) is 2.18. The highest BCUT2D eigenvalue weighted by atomic mass is 32.2. The van der Waals surface area contributed by atoms with E-state index in [1.807, 2.05) is 11.8 Å². The first-order valence-electron chi connectivity index (χ1n) is 3.37. The van der Waals surface area contributed by atoms with Gasteiger partial charge >= 0.3 is 0 Å². The summed E-state index contributed by atoms with van der Waals surface area (Å²) >= 11 is 1.88. The molecule has 0 unspecified atom stereocenters. The van der Waals surface area contributed by atoms with E-state index in [1.165, 1.54) is 10.8 Å². The van der Waals surface area contributed by atoms with Crippen molar-refractivity contribution in [3.63, 3.8) is 0 Å². The lowest BCUT2D eigenvalue weighted by Gasteiger charge is -2.07. The molecule has 0 aromatic carbocycles. The van der Waals surface area contributed by atoms with Crippen molar-refractivity contribution < 1.29 is 0 Å². The summed E-state index contributed by atoms with van der Waals surface area (Å²) in [6.45, 7) is 6.55. The van der Waals surface area contributed by atoms with Crippen molar-refractivity contribution in [2.45, 2.75) is 26.8 Å². The molecule has 1 rings (SSSR count). The van der Waals surface area contributed by atoms with Gasteiger partial charge in [0.15, 0.2) is 0 Å². The van der Waals surface area contributed by atoms with Crippen molar-refractivity contribution in [1.82, 2.24) is 0 Å². The Labute approximate surface area is 60.9 Å². The molecule has 0 fully saturated rings. The molecule has 52 valence electrons. The Morgan fingerprint density at radius 3 is 2.56 bits per heavy atom. The van der Waals surface area contributed by atoms with Crippen LogP contribution in [0.25, 0.3) is 0 Å². The standard InChI is InChI=1S/C7H13NS/c1-5(2)7-4-9-6(3)8-7/h5,7H,4H2,1-3H3/t7-/m1/s1. The molecule has 9 heavy (non-hydrogen) atoms. The molecule has 0 N–H and O–H groups in total. The second-order valence-electron chi connectivity index (χ2n) is 2.77. The lowest BCUT2D eigenvalue weighted by Crippen LogP contribution is -2.11. The van der Waals surface area contributed by atoms with Crippen LogP contribution in [0.15, 0.2) is 4.99 Å². The summed E-state index contributed by atoms with van der Waals surface area (Å²) in [5.74, 6) is 1.92. The van der Waals surface area contributed by atoms with E-state index in [4.69, 9.17) is 0 Å². The molecule has 0 saturated heterocycles. The van der Waals surface area contributed by atoms with Gasteiger partial charge in [-0.05, 0) is 12.8 Å². The van der Waals surface area contributed by atoms with Gasteiger partial charge in [0.25, 0.3) is 0 Å². The summed E-state index contributed by atoms with van der Waals surface area (Å²) in [5.41, 5.74) is 0. The van der Waals surface area contributed by atoms with E-state index in [-0.39, 0.29) is 0 Å². The van der Waals surface area contributed by atoms with Crippen LogP contribution in [-0.2, 0) is 0 Å². The molecule has 0 aromatic rings. The number of thioether (sulfide) groups is 1. The van der Waals surface area contributed by atoms with Crippen LogP contribution in [0.2, 0.25) is 0 Å². The normalized spacial score (nSPS) is 27.1. The van der Waals surface area contributed by atoms with Gasteiger partial charge in [-0.1, -0.05) is 13.8 Å². The molecule has 0 amide bonds. The molecule has 0 aromatic heterocycles. The third kappa shape index (κ3) is 1.71. The Bertz CT molecular complexity index is 129.